The molecule has 1 aliphatic rings. The molecule has 1 aromatic carbocycles. The van der Waals surface area contributed by atoms with Gasteiger partial charge in [0.2, 0.25) is 0 Å². The van der Waals surface area contributed by atoms with E-state index in [2.05, 4.69) is 23.6 Å². The maximum atomic E-state index is 6.15. The molecule has 0 saturated carbocycles. The van der Waals surface area contributed by atoms with Crippen LogP contribution in [0.1, 0.15) is 37.7 Å². The molecule has 1 aliphatic heterocycles. The number of halogens is 2. The first-order chi connectivity index (χ1) is 9.15. The SMILES string of the molecule is CCCC1C[C@@H](c2ccc(Cl)c(Cl)c2)C(NC)CN1. The summed E-state index contributed by atoms with van der Waals surface area (Å²) < 4.78 is 0. The summed E-state index contributed by atoms with van der Waals surface area (Å²) in [5.74, 6) is 0.498. The van der Waals surface area contributed by atoms with Crippen molar-refractivity contribution in [1.29, 1.82) is 0 Å². The van der Waals surface area contributed by atoms with E-state index >= 15 is 0 Å². The van der Waals surface area contributed by atoms with Crippen LogP contribution in [0.2, 0.25) is 10.0 Å². The van der Waals surface area contributed by atoms with Gasteiger partial charge in [0.05, 0.1) is 10.0 Å². The molecule has 0 radical (unpaired) electrons. The summed E-state index contributed by atoms with van der Waals surface area (Å²) in [6.07, 6.45) is 3.60. The Labute approximate surface area is 125 Å². The van der Waals surface area contributed by atoms with Crippen LogP contribution in [0, 0.1) is 0 Å². The first-order valence-electron chi connectivity index (χ1n) is 7.01. The predicted octanol–water partition coefficient (Wildman–Crippen LogP) is 3.83. The summed E-state index contributed by atoms with van der Waals surface area (Å²) >= 11 is 12.2. The highest BCUT2D eigenvalue weighted by Crippen LogP contribution is 2.33. The van der Waals surface area contributed by atoms with Gasteiger partial charge in [-0.2, -0.15) is 0 Å². The van der Waals surface area contributed by atoms with Gasteiger partial charge in [-0.25, -0.2) is 0 Å². The van der Waals surface area contributed by atoms with Crippen LogP contribution in [0.25, 0.3) is 0 Å². The van der Waals surface area contributed by atoms with Crippen molar-refractivity contribution >= 4 is 23.2 Å². The minimum absolute atomic E-state index is 0.449. The first kappa shape index (κ1) is 15.1. The van der Waals surface area contributed by atoms with E-state index in [9.17, 15) is 0 Å². The molecule has 0 spiro atoms. The van der Waals surface area contributed by atoms with Gasteiger partial charge in [-0.15, -0.1) is 0 Å². The Kier molecular flexibility index (Phi) is 5.52. The molecule has 106 valence electrons. The van der Waals surface area contributed by atoms with Crippen LogP contribution in [-0.4, -0.2) is 25.7 Å². The third-order valence-electron chi connectivity index (χ3n) is 4.03. The minimum Gasteiger partial charge on any atom is -0.315 e. The summed E-state index contributed by atoms with van der Waals surface area (Å²) in [5.41, 5.74) is 1.29. The second-order valence-electron chi connectivity index (χ2n) is 5.30. The van der Waals surface area contributed by atoms with Crippen LogP contribution < -0.4 is 10.6 Å². The van der Waals surface area contributed by atoms with Gasteiger partial charge in [-0.3, -0.25) is 0 Å². The Morgan fingerprint density at radius 1 is 1.32 bits per heavy atom. The fraction of sp³-hybridized carbons (Fsp3) is 0.600. The van der Waals surface area contributed by atoms with Crippen molar-refractivity contribution in [2.24, 2.45) is 0 Å². The molecule has 0 bridgehead atoms. The molecule has 2 rings (SSSR count). The van der Waals surface area contributed by atoms with Crippen molar-refractivity contribution in [3.05, 3.63) is 33.8 Å². The number of benzene rings is 1. The fourth-order valence-corrected chi connectivity index (χ4v) is 3.28. The zero-order valence-electron chi connectivity index (χ0n) is 11.5. The maximum absolute atomic E-state index is 6.15. The van der Waals surface area contributed by atoms with Crippen molar-refractivity contribution in [3.8, 4) is 0 Å². The zero-order valence-corrected chi connectivity index (χ0v) is 13.1. The summed E-state index contributed by atoms with van der Waals surface area (Å²) in [5, 5.41) is 8.32. The first-order valence-corrected chi connectivity index (χ1v) is 7.76. The highest BCUT2D eigenvalue weighted by Gasteiger charge is 2.30. The average Bonchev–Trinajstić information content (AvgIpc) is 2.42. The number of piperidine rings is 1. The molecular formula is C15H22Cl2N2. The van der Waals surface area contributed by atoms with Crippen LogP contribution in [0.5, 0.6) is 0 Å². The van der Waals surface area contributed by atoms with Gasteiger partial charge < -0.3 is 10.6 Å². The molecule has 0 aliphatic carbocycles. The molecule has 1 heterocycles. The third-order valence-corrected chi connectivity index (χ3v) is 4.77. The average molecular weight is 301 g/mol. The van der Waals surface area contributed by atoms with Crippen molar-refractivity contribution in [2.45, 2.75) is 44.2 Å². The van der Waals surface area contributed by atoms with Crippen molar-refractivity contribution in [3.63, 3.8) is 0 Å². The number of likely N-dealkylation sites (N-methyl/N-ethyl adjacent to an activating group) is 1. The largest absolute Gasteiger partial charge is 0.315 e. The number of hydrogen-bond acceptors (Lipinski definition) is 2. The van der Waals surface area contributed by atoms with Crippen LogP contribution in [0.15, 0.2) is 18.2 Å². The minimum atomic E-state index is 0.449. The topological polar surface area (TPSA) is 24.1 Å². The standard InChI is InChI=1S/C15H22Cl2N2/c1-3-4-11-8-12(15(18-2)9-19-11)10-5-6-13(16)14(17)7-10/h5-7,11-12,15,18-19H,3-4,8-9H2,1-2H3/t11?,12-,15?/m0/s1. The van der Waals surface area contributed by atoms with E-state index in [0.717, 1.165) is 13.0 Å². The second-order valence-corrected chi connectivity index (χ2v) is 6.12. The lowest BCUT2D eigenvalue weighted by Crippen LogP contribution is -2.51. The van der Waals surface area contributed by atoms with Gasteiger partial charge >= 0.3 is 0 Å². The normalized spacial score (nSPS) is 27.5. The molecular weight excluding hydrogens is 279 g/mol. The summed E-state index contributed by atoms with van der Waals surface area (Å²) in [4.78, 5) is 0. The van der Waals surface area contributed by atoms with E-state index in [4.69, 9.17) is 23.2 Å². The Morgan fingerprint density at radius 2 is 2.11 bits per heavy atom. The fourth-order valence-electron chi connectivity index (χ4n) is 2.97. The zero-order chi connectivity index (χ0) is 13.8. The molecule has 3 atom stereocenters. The Morgan fingerprint density at radius 3 is 2.74 bits per heavy atom. The lowest BCUT2D eigenvalue weighted by atomic mass is 9.82. The smallest absolute Gasteiger partial charge is 0.0595 e. The van der Waals surface area contributed by atoms with Gasteiger partial charge in [0, 0.05) is 24.5 Å². The van der Waals surface area contributed by atoms with Crippen molar-refractivity contribution in [1.82, 2.24) is 10.6 Å². The molecule has 1 aromatic rings. The molecule has 2 nitrogen and oxygen atoms in total. The predicted molar refractivity (Wildman–Crippen MR) is 83.4 cm³/mol. The van der Waals surface area contributed by atoms with Crippen LogP contribution in [0.4, 0.5) is 0 Å². The van der Waals surface area contributed by atoms with Crippen molar-refractivity contribution < 1.29 is 0 Å². The van der Waals surface area contributed by atoms with Crippen molar-refractivity contribution in [2.75, 3.05) is 13.6 Å². The van der Waals surface area contributed by atoms with Gasteiger partial charge in [-0.1, -0.05) is 42.6 Å². The highest BCUT2D eigenvalue weighted by molar-refractivity contribution is 6.42. The Bertz CT molecular complexity index is 423. The molecule has 1 saturated heterocycles. The van der Waals surface area contributed by atoms with E-state index in [1.807, 2.05) is 19.2 Å². The monoisotopic (exact) mass is 300 g/mol. The van der Waals surface area contributed by atoms with Crippen LogP contribution >= 0.6 is 23.2 Å². The lowest BCUT2D eigenvalue weighted by Gasteiger charge is -2.37. The quantitative estimate of drug-likeness (QED) is 0.883. The van der Waals surface area contributed by atoms with E-state index < -0.39 is 0 Å². The third kappa shape index (κ3) is 3.63. The Hall–Kier alpha value is -0.280. The molecule has 1 fully saturated rings. The summed E-state index contributed by atoms with van der Waals surface area (Å²) in [7, 11) is 2.02. The van der Waals surface area contributed by atoms with Gasteiger partial charge in [-0.05, 0) is 37.6 Å². The number of rotatable bonds is 4. The van der Waals surface area contributed by atoms with E-state index in [0.29, 0.717) is 28.0 Å². The van der Waals surface area contributed by atoms with Crippen LogP contribution in [-0.2, 0) is 0 Å². The second kappa shape index (κ2) is 6.94. The highest BCUT2D eigenvalue weighted by atomic mass is 35.5. The molecule has 2 unspecified atom stereocenters. The van der Waals surface area contributed by atoms with E-state index in [1.54, 1.807) is 0 Å². The van der Waals surface area contributed by atoms with Gasteiger partial charge in [0.25, 0.3) is 0 Å². The number of nitrogens with one attached hydrogen (secondary N) is 2. The van der Waals surface area contributed by atoms with Gasteiger partial charge in [0.15, 0.2) is 0 Å². The lowest BCUT2D eigenvalue weighted by molar-refractivity contribution is 0.287. The van der Waals surface area contributed by atoms with Crippen LogP contribution in [0.3, 0.4) is 0 Å². The molecule has 0 amide bonds. The van der Waals surface area contributed by atoms with Gasteiger partial charge in [0.1, 0.15) is 0 Å². The Balaban J connectivity index is 2.19. The summed E-state index contributed by atoms with van der Waals surface area (Å²) in [6, 6.07) is 7.09. The molecule has 2 N–H and O–H groups in total. The maximum Gasteiger partial charge on any atom is 0.0595 e. The summed E-state index contributed by atoms with van der Waals surface area (Å²) in [6.45, 7) is 3.24. The molecule has 4 heteroatoms. The molecule has 0 aromatic heterocycles. The van der Waals surface area contributed by atoms with E-state index in [-0.39, 0.29) is 0 Å². The van der Waals surface area contributed by atoms with E-state index in [1.165, 1.54) is 18.4 Å². The number of hydrogen-bond donors (Lipinski definition) is 2. The molecule has 19 heavy (non-hydrogen) atoms.